The van der Waals surface area contributed by atoms with Crippen LogP contribution in [0.25, 0.3) is 0 Å². The monoisotopic (exact) mass is 576 g/mol. The molecule has 0 amide bonds. The van der Waals surface area contributed by atoms with Crippen molar-refractivity contribution in [3.8, 4) is 0 Å². The molecule has 0 radical (unpaired) electrons. The Hall–Kier alpha value is -1.76. The van der Waals surface area contributed by atoms with Gasteiger partial charge in [0.05, 0.1) is 24.4 Å². The number of rotatable bonds is 10. The fourth-order valence-electron chi connectivity index (χ4n) is 7.29. The Morgan fingerprint density at radius 2 is 1.59 bits per heavy atom. The molecule has 7 atom stereocenters. The molecule has 0 bridgehead atoms. The Bertz CT molecular complexity index is 1120. The first-order valence-electron chi connectivity index (χ1n) is 15.9. The highest BCUT2D eigenvalue weighted by molar-refractivity contribution is 6.99. The average molecular weight is 577 g/mol. The molecule has 2 fully saturated rings. The Labute approximate surface area is 249 Å². The molecule has 41 heavy (non-hydrogen) atoms. The van der Waals surface area contributed by atoms with E-state index in [1.54, 1.807) is 0 Å². The molecule has 2 aromatic carbocycles. The number of benzene rings is 2. The van der Waals surface area contributed by atoms with E-state index in [0.29, 0.717) is 18.4 Å². The van der Waals surface area contributed by atoms with Crippen LogP contribution < -0.4 is 10.4 Å². The molecular formula is C36H52O4Si. The minimum absolute atomic E-state index is 0.0485. The van der Waals surface area contributed by atoms with Crippen LogP contribution in [0, 0.1) is 17.8 Å². The zero-order valence-electron chi connectivity index (χ0n) is 26.4. The van der Waals surface area contributed by atoms with Crippen molar-refractivity contribution in [3.05, 3.63) is 72.8 Å². The molecule has 5 rings (SSSR count). The lowest BCUT2D eigenvalue weighted by Gasteiger charge is -2.51. The molecule has 0 N–H and O–H groups in total. The normalized spacial score (nSPS) is 32.7. The maximum absolute atomic E-state index is 7.41. The van der Waals surface area contributed by atoms with Crippen LogP contribution in [0.3, 0.4) is 0 Å². The lowest BCUT2D eigenvalue weighted by Crippen LogP contribution is -2.67. The fraction of sp³-hybridized carbons (Fsp3) is 0.611. The van der Waals surface area contributed by atoms with Gasteiger partial charge in [-0.1, -0.05) is 108 Å². The second-order valence-corrected chi connectivity index (χ2v) is 18.5. The predicted octanol–water partition coefficient (Wildman–Crippen LogP) is 7.26. The van der Waals surface area contributed by atoms with Gasteiger partial charge in [-0.2, -0.15) is 0 Å². The van der Waals surface area contributed by atoms with E-state index in [0.717, 1.165) is 38.7 Å². The van der Waals surface area contributed by atoms with Crippen molar-refractivity contribution in [1.82, 2.24) is 0 Å². The first-order valence-corrected chi connectivity index (χ1v) is 17.8. The Morgan fingerprint density at radius 3 is 2.12 bits per heavy atom. The van der Waals surface area contributed by atoms with Gasteiger partial charge in [0.1, 0.15) is 0 Å². The van der Waals surface area contributed by atoms with Gasteiger partial charge in [-0.15, -0.1) is 0 Å². The van der Waals surface area contributed by atoms with Crippen molar-refractivity contribution in [2.24, 2.45) is 17.8 Å². The van der Waals surface area contributed by atoms with Crippen molar-refractivity contribution in [3.63, 3.8) is 0 Å². The van der Waals surface area contributed by atoms with E-state index < -0.39 is 14.1 Å². The standard InChI is InChI=1S/C36H52O4Si/c1-8-29(25-38-41(34(4,5)6,31-17-11-9-12-18-31)32-19-13-10-14-20-32)33-27(2)24-28(3)36(40-33)22-15-16-30(39-36)21-23-35(7)26-37-35/h9-15,17-20,22,27-30,33H,8,16,21,23-26H2,1-7H3/t27-,28+,29-,30-,33-,35-,36-/m0/s1. The zero-order valence-corrected chi connectivity index (χ0v) is 27.4. The minimum atomic E-state index is -2.62. The topological polar surface area (TPSA) is 40.2 Å². The molecule has 2 aromatic rings. The summed E-state index contributed by atoms with van der Waals surface area (Å²) < 4.78 is 27.1. The van der Waals surface area contributed by atoms with E-state index in [9.17, 15) is 0 Å². The highest BCUT2D eigenvalue weighted by Crippen LogP contribution is 2.46. The molecule has 3 heterocycles. The zero-order chi connectivity index (χ0) is 29.3. The van der Waals surface area contributed by atoms with Gasteiger partial charge >= 0.3 is 0 Å². The number of epoxide rings is 1. The molecule has 1 spiro atoms. The van der Waals surface area contributed by atoms with Gasteiger partial charge in [-0.05, 0) is 66.4 Å². The molecule has 3 aliphatic rings. The smallest absolute Gasteiger partial charge is 0.261 e. The predicted molar refractivity (Wildman–Crippen MR) is 170 cm³/mol. The van der Waals surface area contributed by atoms with Gasteiger partial charge in [0.25, 0.3) is 8.32 Å². The van der Waals surface area contributed by atoms with Crippen LogP contribution in [-0.2, 0) is 18.6 Å². The molecule has 0 unspecified atom stereocenters. The maximum Gasteiger partial charge on any atom is 0.261 e. The average Bonchev–Trinajstić information content (AvgIpc) is 3.70. The molecule has 5 heteroatoms. The fourth-order valence-corrected chi connectivity index (χ4v) is 11.9. The summed E-state index contributed by atoms with van der Waals surface area (Å²) in [5, 5.41) is 2.60. The molecule has 4 nitrogen and oxygen atoms in total. The van der Waals surface area contributed by atoms with E-state index in [1.165, 1.54) is 10.4 Å². The summed E-state index contributed by atoms with van der Waals surface area (Å²) >= 11 is 0. The molecular weight excluding hydrogens is 524 g/mol. The van der Waals surface area contributed by atoms with E-state index in [4.69, 9.17) is 18.6 Å². The van der Waals surface area contributed by atoms with Gasteiger partial charge in [0.2, 0.25) is 0 Å². The van der Waals surface area contributed by atoms with Crippen LogP contribution in [-0.4, -0.2) is 45.1 Å². The molecule has 0 aromatic heterocycles. The van der Waals surface area contributed by atoms with Crippen molar-refractivity contribution in [1.29, 1.82) is 0 Å². The summed E-state index contributed by atoms with van der Waals surface area (Å²) in [7, 11) is -2.62. The molecule has 2 saturated heterocycles. The van der Waals surface area contributed by atoms with Crippen LogP contribution in [0.15, 0.2) is 72.8 Å². The Kier molecular flexibility index (Phi) is 9.04. The summed E-state index contributed by atoms with van der Waals surface area (Å²) in [6, 6.07) is 21.9. The summed E-state index contributed by atoms with van der Waals surface area (Å²) in [5.74, 6) is 0.346. The molecule has 3 aliphatic heterocycles. The number of ether oxygens (including phenoxy) is 3. The molecule has 0 aliphatic carbocycles. The van der Waals surface area contributed by atoms with Crippen LogP contribution >= 0.6 is 0 Å². The van der Waals surface area contributed by atoms with Gasteiger partial charge < -0.3 is 18.6 Å². The minimum Gasteiger partial charge on any atom is -0.407 e. The third kappa shape index (κ3) is 6.31. The van der Waals surface area contributed by atoms with Crippen LogP contribution in [0.4, 0.5) is 0 Å². The van der Waals surface area contributed by atoms with E-state index in [2.05, 4.69) is 121 Å². The summed E-state index contributed by atoms with van der Waals surface area (Å²) in [4.78, 5) is 0. The largest absolute Gasteiger partial charge is 0.407 e. The van der Waals surface area contributed by atoms with E-state index in [-0.39, 0.29) is 28.8 Å². The van der Waals surface area contributed by atoms with E-state index in [1.807, 2.05) is 0 Å². The summed E-state index contributed by atoms with van der Waals surface area (Å²) in [6.07, 6.45) is 9.84. The van der Waals surface area contributed by atoms with Crippen LogP contribution in [0.2, 0.25) is 5.04 Å². The van der Waals surface area contributed by atoms with Crippen LogP contribution in [0.5, 0.6) is 0 Å². The number of hydrogen-bond acceptors (Lipinski definition) is 4. The second kappa shape index (κ2) is 12.1. The van der Waals surface area contributed by atoms with Gasteiger partial charge in [-0.3, -0.25) is 0 Å². The Morgan fingerprint density at radius 1 is 0.976 bits per heavy atom. The van der Waals surface area contributed by atoms with Gasteiger partial charge in [-0.25, -0.2) is 0 Å². The van der Waals surface area contributed by atoms with Crippen molar-refractivity contribution in [2.45, 2.75) is 109 Å². The number of hydrogen-bond donors (Lipinski definition) is 0. The second-order valence-electron chi connectivity index (χ2n) is 14.2. The first kappa shape index (κ1) is 30.7. The highest BCUT2D eigenvalue weighted by Gasteiger charge is 2.53. The van der Waals surface area contributed by atoms with Crippen molar-refractivity contribution < 1.29 is 18.6 Å². The lowest BCUT2D eigenvalue weighted by atomic mass is 9.78. The van der Waals surface area contributed by atoms with E-state index >= 15 is 0 Å². The third-order valence-corrected chi connectivity index (χ3v) is 15.0. The summed E-state index contributed by atoms with van der Waals surface area (Å²) in [6.45, 7) is 17.7. The third-order valence-electron chi connectivity index (χ3n) is 9.95. The highest BCUT2D eigenvalue weighted by atomic mass is 28.4. The summed E-state index contributed by atoms with van der Waals surface area (Å²) in [5.41, 5.74) is 0.0549. The van der Waals surface area contributed by atoms with Crippen molar-refractivity contribution >= 4 is 18.7 Å². The SMILES string of the molecule is CC[C@@H](CO[Si](c1ccccc1)(c1ccccc1)C(C)(C)C)[C@H]1O[C@@]2(C=CC[C@@H](CC[C@@]3(C)CO3)O2)[C@H](C)C[C@@H]1C. The Balaban J connectivity index is 1.39. The van der Waals surface area contributed by atoms with Gasteiger partial charge in [0, 0.05) is 18.4 Å². The quantitative estimate of drug-likeness (QED) is 0.170. The lowest BCUT2D eigenvalue weighted by molar-refractivity contribution is -0.316. The first-order chi connectivity index (χ1) is 19.5. The molecule has 224 valence electrons. The maximum atomic E-state index is 7.41. The van der Waals surface area contributed by atoms with Crippen molar-refractivity contribution in [2.75, 3.05) is 13.2 Å². The van der Waals surface area contributed by atoms with Crippen LogP contribution in [0.1, 0.15) is 80.6 Å². The van der Waals surface area contributed by atoms with Gasteiger partial charge in [0.15, 0.2) is 5.79 Å². The molecule has 0 saturated carbocycles.